The second kappa shape index (κ2) is 8.82. The molecule has 0 radical (unpaired) electrons. The molecule has 0 saturated carbocycles. The van der Waals surface area contributed by atoms with Gasteiger partial charge in [0.25, 0.3) is 0 Å². The highest BCUT2D eigenvalue weighted by atomic mass is 16.5. The van der Waals surface area contributed by atoms with Gasteiger partial charge < -0.3 is 9.47 Å². The standard InChI is InChI=1S/C22H28O3/c1-17(2)25-21(23)22(3,4)20-12-10-18(11-13-20)14-15-24-16-19-8-6-5-7-9-19/h5-13,17H,14-16H2,1-4H3. The summed E-state index contributed by atoms with van der Waals surface area (Å²) in [5.41, 5.74) is 2.70. The number of rotatable bonds is 8. The van der Waals surface area contributed by atoms with E-state index in [1.165, 1.54) is 11.1 Å². The second-order valence-electron chi connectivity index (χ2n) is 7.06. The van der Waals surface area contributed by atoms with Gasteiger partial charge in [0.15, 0.2) is 0 Å². The minimum atomic E-state index is -0.646. The molecular weight excluding hydrogens is 312 g/mol. The Morgan fingerprint density at radius 1 is 0.960 bits per heavy atom. The molecule has 3 heteroatoms. The lowest BCUT2D eigenvalue weighted by atomic mass is 9.84. The van der Waals surface area contributed by atoms with Crippen molar-refractivity contribution in [3.63, 3.8) is 0 Å². The van der Waals surface area contributed by atoms with E-state index >= 15 is 0 Å². The summed E-state index contributed by atoms with van der Waals surface area (Å²) in [4.78, 5) is 12.3. The van der Waals surface area contributed by atoms with Crippen molar-refractivity contribution < 1.29 is 14.3 Å². The summed E-state index contributed by atoms with van der Waals surface area (Å²) in [5.74, 6) is -0.193. The molecule has 2 aromatic carbocycles. The quantitative estimate of drug-likeness (QED) is 0.517. The van der Waals surface area contributed by atoms with Crippen LogP contribution < -0.4 is 0 Å². The molecule has 0 atom stereocenters. The van der Waals surface area contributed by atoms with Gasteiger partial charge in [-0.1, -0.05) is 54.6 Å². The third-order valence-corrected chi connectivity index (χ3v) is 4.18. The van der Waals surface area contributed by atoms with E-state index in [0.717, 1.165) is 12.0 Å². The van der Waals surface area contributed by atoms with E-state index in [1.807, 2.05) is 58.0 Å². The largest absolute Gasteiger partial charge is 0.462 e. The molecule has 0 unspecified atom stereocenters. The first-order valence-electron chi connectivity index (χ1n) is 8.82. The van der Waals surface area contributed by atoms with Gasteiger partial charge in [-0.3, -0.25) is 4.79 Å². The van der Waals surface area contributed by atoms with Crippen molar-refractivity contribution >= 4 is 5.97 Å². The highest BCUT2D eigenvalue weighted by Crippen LogP contribution is 2.25. The van der Waals surface area contributed by atoms with Gasteiger partial charge in [-0.15, -0.1) is 0 Å². The molecule has 2 rings (SSSR count). The Morgan fingerprint density at radius 2 is 1.60 bits per heavy atom. The average molecular weight is 340 g/mol. The van der Waals surface area contributed by atoms with Gasteiger partial charge in [0.2, 0.25) is 0 Å². The number of esters is 1. The van der Waals surface area contributed by atoms with Crippen LogP contribution in [0.25, 0.3) is 0 Å². The van der Waals surface area contributed by atoms with Gasteiger partial charge >= 0.3 is 5.97 Å². The van der Waals surface area contributed by atoms with Crippen LogP contribution in [0.3, 0.4) is 0 Å². The minimum absolute atomic E-state index is 0.104. The highest BCUT2D eigenvalue weighted by molar-refractivity contribution is 5.82. The maximum absolute atomic E-state index is 12.3. The van der Waals surface area contributed by atoms with E-state index in [-0.39, 0.29) is 12.1 Å². The van der Waals surface area contributed by atoms with Crippen molar-refractivity contribution in [2.45, 2.75) is 52.2 Å². The molecule has 0 amide bonds. The molecule has 0 bridgehead atoms. The molecule has 2 aromatic rings. The van der Waals surface area contributed by atoms with E-state index < -0.39 is 5.41 Å². The number of hydrogen-bond donors (Lipinski definition) is 0. The van der Waals surface area contributed by atoms with Crippen molar-refractivity contribution in [2.75, 3.05) is 6.61 Å². The van der Waals surface area contributed by atoms with E-state index in [9.17, 15) is 4.79 Å². The summed E-state index contributed by atoms with van der Waals surface area (Å²) in [6, 6.07) is 18.3. The fourth-order valence-electron chi connectivity index (χ4n) is 2.52. The Balaban J connectivity index is 1.85. The summed E-state index contributed by atoms with van der Waals surface area (Å²) in [6.07, 6.45) is 0.747. The first-order valence-corrected chi connectivity index (χ1v) is 8.82. The monoisotopic (exact) mass is 340 g/mol. The summed E-state index contributed by atoms with van der Waals surface area (Å²) in [5, 5.41) is 0. The third-order valence-electron chi connectivity index (χ3n) is 4.18. The predicted octanol–water partition coefficient (Wildman–Crippen LogP) is 4.68. The molecule has 0 N–H and O–H groups in total. The van der Waals surface area contributed by atoms with Crippen LogP contribution in [-0.4, -0.2) is 18.7 Å². The summed E-state index contributed by atoms with van der Waals surface area (Å²) in [7, 11) is 0. The lowest BCUT2D eigenvalue weighted by molar-refractivity contribution is -0.153. The number of benzene rings is 2. The van der Waals surface area contributed by atoms with Gasteiger partial charge in [-0.05, 0) is 50.8 Å². The molecule has 0 spiro atoms. The average Bonchev–Trinajstić information content (AvgIpc) is 2.59. The topological polar surface area (TPSA) is 35.5 Å². The van der Waals surface area contributed by atoms with Crippen LogP contribution in [0.4, 0.5) is 0 Å². The molecule has 0 fully saturated rings. The summed E-state index contributed by atoms with van der Waals surface area (Å²) >= 11 is 0. The molecule has 0 heterocycles. The van der Waals surface area contributed by atoms with E-state index in [0.29, 0.717) is 13.2 Å². The lowest BCUT2D eigenvalue weighted by Gasteiger charge is -2.24. The van der Waals surface area contributed by atoms with Crippen LogP contribution in [0.15, 0.2) is 54.6 Å². The van der Waals surface area contributed by atoms with Crippen LogP contribution in [0.5, 0.6) is 0 Å². The fraction of sp³-hybridized carbons (Fsp3) is 0.409. The van der Waals surface area contributed by atoms with E-state index in [2.05, 4.69) is 24.3 Å². The number of carbonyl (C=O) groups excluding carboxylic acids is 1. The summed E-state index contributed by atoms with van der Waals surface area (Å²) in [6.45, 7) is 8.84. The Kier molecular flexibility index (Phi) is 6.77. The highest BCUT2D eigenvalue weighted by Gasteiger charge is 2.31. The Hall–Kier alpha value is -2.13. The first-order chi connectivity index (χ1) is 11.9. The molecule has 0 aliphatic heterocycles. The molecule has 0 aromatic heterocycles. The van der Waals surface area contributed by atoms with E-state index in [4.69, 9.17) is 9.47 Å². The molecule has 25 heavy (non-hydrogen) atoms. The Morgan fingerprint density at radius 3 is 2.20 bits per heavy atom. The van der Waals surface area contributed by atoms with Crippen LogP contribution >= 0.6 is 0 Å². The predicted molar refractivity (Wildman–Crippen MR) is 100 cm³/mol. The number of ether oxygens (including phenoxy) is 2. The van der Waals surface area contributed by atoms with Crippen molar-refractivity contribution in [3.05, 3.63) is 71.3 Å². The molecular formula is C22H28O3. The van der Waals surface area contributed by atoms with Crippen LogP contribution in [0.1, 0.15) is 44.4 Å². The van der Waals surface area contributed by atoms with Gasteiger partial charge in [0.05, 0.1) is 24.7 Å². The first kappa shape index (κ1) is 19.2. The zero-order valence-electron chi connectivity index (χ0n) is 15.6. The lowest BCUT2D eigenvalue weighted by Crippen LogP contribution is -2.32. The number of hydrogen-bond acceptors (Lipinski definition) is 3. The molecule has 0 saturated heterocycles. The zero-order chi connectivity index (χ0) is 18.3. The molecule has 0 aliphatic rings. The fourth-order valence-corrected chi connectivity index (χ4v) is 2.52. The van der Waals surface area contributed by atoms with Crippen LogP contribution in [-0.2, 0) is 32.7 Å². The Bertz CT molecular complexity index is 657. The van der Waals surface area contributed by atoms with Crippen molar-refractivity contribution in [1.82, 2.24) is 0 Å². The van der Waals surface area contributed by atoms with Crippen LogP contribution in [0, 0.1) is 0 Å². The zero-order valence-corrected chi connectivity index (χ0v) is 15.6. The second-order valence-corrected chi connectivity index (χ2v) is 7.06. The molecule has 0 aliphatic carbocycles. The summed E-state index contributed by atoms with van der Waals surface area (Å²) < 4.78 is 11.1. The van der Waals surface area contributed by atoms with Gasteiger partial charge in [0, 0.05) is 0 Å². The van der Waals surface area contributed by atoms with Crippen LogP contribution in [0.2, 0.25) is 0 Å². The van der Waals surface area contributed by atoms with Gasteiger partial charge in [-0.2, -0.15) is 0 Å². The van der Waals surface area contributed by atoms with Gasteiger partial charge in [0.1, 0.15) is 0 Å². The third kappa shape index (κ3) is 5.71. The van der Waals surface area contributed by atoms with Gasteiger partial charge in [-0.25, -0.2) is 0 Å². The SMILES string of the molecule is CC(C)OC(=O)C(C)(C)c1ccc(CCOCc2ccccc2)cc1. The van der Waals surface area contributed by atoms with E-state index in [1.54, 1.807) is 0 Å². The van der Waals surface area contributed by atoms with Crippen molar-refractivity contribution in [1.29, 1.82) is 0 Å². The maximum Gasteiger partial charge on any atom is 0.316 e. The molecule has 3 nitrogen and oxygen atoms in total. The smallest absolute Gasteiger partial charge is 0.316 e. The maximum atomic E-state index is 12.3. The van der Waals surface area contributed by atoms with Crippen molar-refractivity contribution in [2.24, 2.45) is 0 Å². The van der Waals surface area contributed by atoms with Crippen molar-refractivity contribution in [3.8, 4) is 0 Å². The minimum Gasteiger partial charge on any atom is -0.462 e. The number of carbonyl (C=O) groups is 1. The Labute approximate surface area is 151 Å². The molecule has 134 valence electrons. The normalized spacial score (nSPS) is 11.6.